The molecule has 0 atom stereocenters. The summed E-state index contributed by atoms with van der Waals surface area (Å²) < 4.78 is 0. The number of aromatic nitrogens is 4. The molecule has 6 heteroatoms. The minimum Gasteiger partial charge on any atom is -0.344 e. The second-order valence-electron chi connectivity index (χ2n) is 9.18. The normalized spacial score (nSPS) is 15.6. The fraction of sp³-hybridized carbons (Fsp3) is 0.560. The standard InChI is InChI=1S/C25H36N6/c1-6-21-20(24-27-22-10-9-17(2)18(3)23(22)29-24)16-26-25(28-21)31(5)13-7-8-19-11-14-30(4)15-12-19/h9-10,16,19H,6-8,11-15H2,1-5H3,(H,27,29). The highest BCUT2D eigenvalue weighted by atomic mass is 15.2. The molecule has 4 rings (SSSR count). The van der Waals surface area contributed by atoms with Gasteiger partial charge in [0, 0.05) is 19.8 Å². The van der Waals surface area contributed by atoms with Gasteiger partial charge in [-0.2, -0.15) is 0 Å². The molecule has 0 bridgehead atoms. The first-order chi connectivity index (χ1) is 15.0. The van der Waals surface area contributed by atoms with E-state index in [1.54, 1.807) is 0 Å². The third-order valence-corrected chi connectivity index (χ3v) is 6.91. The molecule has 6 nitrogen and oxygen atoms in total. The van der Waals surface area contributed by atoms with Gasteiger partial charge in [-0.3, -0.25) is 0 Å². The van der Waals surface area contributed by atoms with E-state index in [4.69, 9.17) is 15.0 Å². The van der Waals surface area contributed by atoms with Crippen LogP contribution in [-0.4, -0.2) is 58.6 Å². The van der Waals surface area contributed by atoms with Gasteiger partial charge in [-0.15, -0.1) is 0 Å². The van der Waals surface area contributed by atoms with Crippen molar-refractivity contribution in [2.75, 3.05) is 38.6 Å². The van der Waals surface area contributed by atoms with Crippen molar-refractivity contribution >= 4 is 17.0 Å². The Bertz CT molecular complexity index is 1030. The van der Waals surface area contributed by atoms with Crippen molar-refractivity contribution in [3.63, 3.8) is 0 Å². The molecule has 0 unspecified atom stereocenters. The van der Waals surface area contributed by atoms with Gasteiger partial charge in [0.25, 0.3) is 0 Å². The van der Waals surface area contributed by atoms with Gasteiger partial charge in [0.05, 0.1) is 22.3 Å². The number of H-pyrrole nitrogens is 1. The number of imidazole rings is 1. The van der Waals surface area contributed by atoms with Crippen LogP contribution in [0.5, 0.6) is 0 Å². The van der Waals surface area contributed by atoms with Crippen molar-refractivity contribution in [1.29, 1.82) is 0 Å². The van der Waals surface area contributed by atoms with Crippen molar-refractivity contribution in [1.82, 2.24) is 24.8 Å². The maximum atomic E-state index is 4.90. The molecule has 0 saturated carbocycles. The largest absolute Gasteiger partial charge is 0.344 e. The van der Waals surface area contributed by atoms with Gasteiger partial charge in [0.15, 0.2) is 0 Å². The van der Waals surface area contributed by atoms with Crippen LogP contribution in [0.2, 0.25) is 0 Å². The Morgan fingerprint density at radius 1 is 1.16 bits per heavy atom. The smallest absolute Gasteiger partial charge is 0.225 e. The fourth-order valence-electron chi connectivity index (χ4n) is 4.57. The number of aromatic amines is 1. The average Bonchev–Trinajstić information content (AvgIpc) is 3.22. The first kappa shape index (κ1) is 21.8. The highest BCUT2D eigenvalue weighted by Crippen LogP contribution is 2.27. The van der Waals surface area contributed by atoms with Crippen molar-refractivity contribution in [3.8, 4) is 11.4 Å². The van der Waals surface area contributed by atoms with Crippen LogP contribution in [0.4, 0.5) is 5.95 Å². The number of fused-ring (bicyclic) bond motifs is 1. The van der Waals surface area contributed by atoms with Crippen LogP contribution in [0.1, 0.15) is 49.4 Å². The van der Waals surface area contributed by atoms with Gasteiger partial charge in [0.1, 0.15) is 5.82 Å². The first-order valence-corrected chi connectivity index (χ1v) is 11.7. The Morgan fingerprint density at radius 2 is 1.94 bits per heavy atom. The molecule has 1 fully saturated rings. The zero-order chi connectivity index (χ0) is 22.0. The Hall–Kier alpha value is -2.47. The molecular weight excluding hydrogens is 384 g/mol. The Morgan fingerprint density at radius 3 is 2.68 bits per heavy atom. The van der Waals surface area contributed by atoms with E-state index in [2.05, 4.69) is 61.8 Å². The maximum absolute atomic E-state index is 4.90. The van der Waals surface area contributed by atoms with Gasteiger partial charge in [-0.05, 0) is 89.2 Å². The van der Waals surface area contributed by atoms with Crippen molar-refractivity contribution < 1.29 is 0 Å². The van der Waals surface area contributed by atoms with Crippen molar-refractivity contribution in [2.45, 2.75) is 52.9 Å². The fourth-order valence-corrected chi connectivity index (χ4v) is 4.57. The monoisotopic (exact) mass is 420 g/mol. The zero-order valence-corrected chi connectivity index (χ0v) is 19.7. The van der Waals surface area contributed by atoms with E-state index in [1.165, 1.54) is 49.9 Å². The molecular formula is C25H36N6. The van der Waals surface area contributed by atoms with E-state index in [-0.39, 0.29) is 0 Å². The van der Waals surface area contributed by atoms with Gasteiger partial charge < -0.3 is 14.8 Å². The van der Waals surface area contributed by atoms with Crippen LogP contribution in [0, 0.1) is 19.8 Å². The number of nitrogens with one attached hydrogen (secondary N) is 1. The summed E-state index contributed by atoms with van der Waals surface area (Å²) in [5.41, 5.74) is 6.62. The van der Waals surface area contributed by atoms with Crippen LogP contribution in [0.15, 0.2) is 18.3 Å². The van der Waals surface area contributed by atoms with Crippen molar-refractivity contribution in [2.24, 2.45) is 5.92 Å². The van der Waals surface area contributed by atoms with Crippen LogP contribution in [-0.2, 0) is 6.42 Å². The summed E-state index contributed by atoms with van der Waals surface area (Å²) in [4.78, 5) is 22.6. The summed E-state index contributed by atoms with van der Waals surface area (Å²) in [6.07, 6.45) is 7.95. The first-order valence-electron chi connectivity index (χ1n) is 11.7. The highest BCUT2D eigenvalue weighted by molar-refractivity contribution is 5.83. The summed E-state index contributed by atoms with van der Waals surface area (Å²) in [6, 6.07) is 4.24. The maximum Gasteiger partial charge on any atom is 0.225 e. The van der Waals surface area contributed by atoms with Crippen LogP contribution >= 0.6 is 0 Å². The summed E-state index contributed by atoms with van der Waals surface area (Å²) >= 11 is 0. The predicted molar refractivity (Wildman–Crippen MR) is 129 cm³/mol. The second-order valence-corrected chi connectivity index (χ2v) is 9.18. The molecule has 3 aromatic rings. The molecule has 0 amide bonds. The van der Waals surface area contributed by atoms with Crippen LogP contribution < -0.4 is 4.90 Å². The van der Waals surface area contributed by atoms with Crippen LogP contribution in [0.3, 0.4) is 0 Å². The predicted octanol–water partition coefficient (Wildman–Crippen LogP) is 4.76. The lowest BCUT2D eigenvalue weighted by Gasteiger charge is -2.29. The summed E-state index contributed by atoms with van der Waals surface area (Å²) in [7, 11) is 4.33. The topological polar surface area (TPSA) is 60.9 Å². The molecule has 1 saturated heterocycles. The molecule has 0 spiro atoms. The van der Waals surface area contributed by atoms with E-state index < -0.39 is 0 Å². The molecule has 0 radical (unpaired) electrons. The second kappa shape index (κ2) is 9.35. The number of nitrogens with zero attached hydrogens (tertiary/aromatic N) is 5. The number of benzene rings is 1. The molecule has 1 aliphatic rings. The van der Waals surface area contributed by atoms with E-state index >= 15 is 0 Å². The lowest BCUT2D eigenvalue weighted by molar-refractivity contribution is 0.211. The third kappa shape index (κ3) is 4.74. The number of hydrogen-bond donors (Lipinski definition) is 1. The number of likely N-dealkylation sites (tertiary alicyclic amines) is 1. The number of anilines is 1. The lowest BCUT2D eigenvalue weighted by Crippen LogP contribution is -2.30. The molecule has 2 aromatic heterocycles. The summed E-state index contributed by atoms with van der Waals surface area (Å²) in [5.74, 6) is 2.54. The van der Waals surface area contributed by atoms with Gasteiger partial charge in [0.2, 0.25) is 5.95 Å². The van der Waals surface area contributed by atoms with Gasteiger partial charge >= 0.3 is 0 Å². The molecule has 166 valence electrons. The zero-order valence-electron chi connectivity index (χ0n) is 19.7. The number of hydrogen-bond acceptors (Lipinski definition) is 5. The highest BCUT2D eigenvalue weighted by Gasteiger charge is 2.18. The van der Waals surface area contributed by atoms with Crippen molar-refractivity contribution in [3.05, 3.63) is 35.2 Å². The minimum absolute atomic E-state index is 0.812. The third-order valence-electron chi connectivity index (χ3n) is 6.91. The Labute approximate surface area is 186 Å². The number of piperidine rings is 1. The number of rotatable bonds is 7. The molecule has 31 heavy (non-hydrogen) atoms. The summed E-state index contributed by atoms with van der Waals surface area (Å²) in [6.45, 7) is 9.88. The Kier molecular flexibility index (Phi) is 6.56. The van der Waals surface area contributed by atoms with Gasteiger partial charge in [-0.25, -0.2) is 15.0 Å². The minimum atomic E-state index is 0.812. The average molecular weight is 421 g/mol. The number of aryl methyl sites for hydroxylation is 3. The molecule has 3 heterocycles. The molecule has 1 N–H and O–H groups in total. The Balaban J connectivity index is 1.46. The van der Waals surface area contributed by atoms with Crippen LogP contribution in [0.25, 0.3) is 22.4 Å². The lowest BCUT2D eigenvalue weighted by atomic mass is 9.92. The molecule has 1 aromatic carbocycles. The molecule has 1 aliphatic heterocycles. The quantitative estimate of drug-likeness (QED) is 0.597. The van der Waals surface area contributed by atoms with E-state index in [0.29, 0.717) is 0 Å². The van der Waals surface area contributed by atoms with E-state index in [1.807, 2.05) is 6.20 Å². The molecule has 0 aliphatic carbocycles. The summed E-state index contributed by atoms with van der Waals surface area (Å²) in [5, 5.41) is 0. The van der Waals surface area contributed by atoms with E-state index in [0.717, 1.165) is 52.9 Å². The SMILES string of the molecule is CCc1nc(N(C)CCCC2CCN(C)CC2)ncc1-c1nc2c(C)c(C)ccc2[nH]1. The van der Waals surface area contributed by atoms with E-state index in [9.17, 15) is 0 Å². The van der Waals surface area contributed by atoms with Gasteiger partial charge in [-0.1, -0.05) is 13.0 Å².